The Hall–Kier alpha value is 0.210. The quantitative estimate of drug-likeness (QED) is 0.553. The molecule has 1 atom stereocenters. The fraction of sp³-hybridized carbons (Fsp3) is 1.00. The summed E-state index contributed by atoms with van der Waals surface area (Å²) in [5.41, 5.74) is 0. The smallest absolute Gasteiger partial charge is 0.0671 e. The van der Waals surface area contributed by atoms with Crippen LogP contribution in [0.3, 0.4) is 0 Å². The maximum atomic E-state index is 5.34. The van der Waals surface area contributed by atoms with Crippen LogP contribution in [0.25, 0.3) is 0 Å². The van der Waals surface area contributed by atoms with E-state index in [1.165, 1.54) is 0 Å². The van der Waals surface area contributed by atoms with E-state index < -0.39 is 0 Å². The molecule has 1 aliphatic rings. The molecule has 0 bridgehead atoms. The summed E-state index contributed by atoms with van der Waals surface area (Å²) in [5.74, 6) is 0. The van der Waals surface area contributed by atoms with Gasteiger partial charge in [0.25, 0.3) is 0 Å². The van der Waals surface area contributed by atoms with Gasteiger partial charge in [0.05, 0.1) is 6.10 Å². The molecule has 0 aromatic carbocycles. The van der Waals surface area contributed by atoms with Crippen molar-refractivity contribution in [3.05, 3.63) is 0 Å². The highest BCUT2D eigenvalue weighted by Gasteiger charge is 2.03. The predicted octanol–water partition coefficient (Wildman–Crippen LogP) is 0.807. The van der Waals surface area contributed by atoms with Crippen molar-refractivity contribution in [3.8, 4) is 0 Å². The monoisotopic (exact) mass is 151 g/mol. The van der Waals surface area contributed by atoms with Gasteiger partial charge in [-0.15, -0.1) is 12.4 Å². The predicted molar refractivity (Wildman–Crippen MR) is 40.1 cm³/mol. The Labute approximate surface area is 62.4 Å². The zero-order valence-electron chi connectivity index (χ0n) is 5.72. The van der Waals surface area contributed by atoms with Crippen LogP contribution in [0.5, 0.6) is 0 Å². The van der Waals surface area contributed by atoms with Gasteiger partial charge in [-0.05, 0) is 19.9 Å². The van der Waals surface area contributed by atoms with Crippen molar-refractivity contribution in [2.75, 3.05) is 19.7 Å². The van der Waals surface area contributed by atoms with Crippen LogP contribution in [-0.2, 0) is 4.74 Å². The van der Waals surface area contributed by atoms with Gasteiger partial charge in [0.1, 0.15) is 0 Å². The molecule has 1 heterocycles. The standard InChI is InChI=1S/C6H13NO.ClH/c1-6-5-7-3-2-4-8-6;/h6-7H,2-5H2,1H3;1H/t6-;/m0./s1. The van der Waals surface area contributed by atoms with Crippen LogP contribution >= 0.6 is 12.4 Å². The van der Waals surface area contributed by atoms with E-state index in [9.17, 15) is 0 Å². The van der Waals surface area contributed by atoms with Crippen LogP contribution in [0.4, 0.5) is 0 Å². The highest BCUT2D eigenvalue weighted by atomic mass is 35.5. The molecule has 0 amide bonds. The van der Waals surface area contributed by atoms with Crippen LogP contribution in [-0.4, -0.2) is 25.8 Å². The van der Waals surface area contributed by atoms with E-state index in [1.54, 1.807) is 0 Å². The Morgan fingerprint density at radius 2 is 2.33 bits per heavy atom. The zero-order chi connectivity index (χ0) is 5.82. The van der Waals surface area contributed by atoms with Gasteiger partial charge < -0.3 is 10.1 Å². The van der Waals surface area contributed by atoms with Crippen LogP contribution in [0.2, 0.25) is 0 Å². The van der Waals surface area contributed by atoms with Gasteiger partial charge in [-0.1, -0.05) is 0 Å². The lowest BCUT2D eigenvalue weighted by Gasteiger charge is -2.05. The van der Waals surface area contributed by atoms with Crippen molar-refractivity contribution in [1.82, 2.24) is 5.32 Å². The molecule has 0 radical (unpaired) electrons. The number of hydrogen-bond acceptors (Lipinski definition) is 2. The maximum Gasteiger partial charge on any atom is 0.0671 e. The van der Waals surface area contributed by atoms with Crippen molar-refractivity contribution < 1.29 is 4.74 Å². The lowest BCUT2D eigenvalue weighted by Crippen LogP contribution is -2.22. The molecule has 0 unspecified atom stereocenters. The average molecular weight is 152 g/mol. The van der Waals surface area contributed by atoms with Gasteiger partial charge in [0.2, 0.25) is 0 Å². The molecule has 0 aliphatic carbocycles. The minimum Gasteiger partial charge on any atom is -0.377 e. The molecular weight excluding hydrogens is 138 g/mol. The Morgan fingerprint density at radius 3 is 3.11 bits per heavy atom. The summed E-state index contributed by atoms with van der Waals surface area (Å²) in [4.78, 5) is 0. The molecule has 0 saturated carbocycles. The van der Waals surface area contributed by atoms with Crippen molar-refractivity contribution in [1.29, 1.82) is 0 Å². The minimum atomic E-state index is 0. The normalized spacial score (nSPS) is 28.3. The van der Waals surface area contributed by atoms with Crippen molar-refractivity contribution in [2.24, 2.45) is 0 Å². The van der Waals surface area contributed by atoms with E-state index in [-0.39, 0.29) is 12.4 Å². The molecular formula is C6H14ClNO. The number of halogens is 1. The number of ether oxygens (including phenoxy) is 1. The Balaban J connectivity index is 0.000000640. The molecule has 1 saturated heterocycles. The van der Waals surface area contributed by atoms with Gasteiger partial charge >= 0.3 is 0 Å². The average Bonchev–Trinajstić information content (AvgIpc) is 1.94. The van der Waals surface area contributed by atoms with Crippen molar-refractivity contribution >= 4 is 12.4 Å². The number of nitrogens with one attached hydrogen (secondary N) is 1. The second-order valence-electron chi connectivity index (χ2n) is 2.24. The first-order valence-electron chi connectivity index (χ1n) is 3.22. The zero-order valence-corrected chi connectivity index (χ0v) is 6.54. The highest BCUT2D eigenvalue weighted by molar-refractivity contribution is 5.85. The van der Waals surface area contributed by atoms with Gasteiger partial charge in [0.15, 0.2) is 0 Å². The van der Waals surface area contributed by atoms with E-state index in [0.29, 0.717) is 6.10 Å². The van der Waals surface area contributed by atoms with Crippen molar-refractivity contribution in [2.45, 2.75) is 19.4 Å². The Kier molecular flexibility index (Phi) is 5.15. The molecule has 9 heavy (non-hydrogen) atoms. The topological polar surface area (TPSA) is 21.3 Å². The number of hydrogen-bond donors (Lipinski definition) is 1. The van der Waals surface area contributed by atoms with E-state index in [4.69, 9.17) is 4.74 Å². The Morgan fingerprint density at radius 1 is 1.56 bits per heavy atom. The summed E-state index contributed by atoms with van der Waals surface area (Å²) in [6.07, 6.45) is 1.57. The number of rotatable bonds is 0. The molecule has 2 nitrogen and oxygen atoms in total. The minimum absolute atomic E-state index is 0. The van der Waals surface area contributed by atoms with Crippen LogP contribution < -0.4 is 5.32 Å². The second-order valence-corrected chi connectivity index (χ2v) is 2.24. The molecule has 56 valence electrons. The van der Waals surface area contributed by atoms with Gasteiger partial charge in [-0.3, -0.25) is 0 Å². The molecule has 3 heteroatoms. The molecule has 1 N–H and O–H groups in total. The largest absolute Gasteiger partial charge is 0.377 e. The molecule has 1 fully saturated rings. The molecule has 0 spiro atoms. The Bertz CT molecular complexity index is 62.1. The first-order valence-corrected chi connectivity index (χ1v) is 3.22. The summed E-state index contributed by atoms with van der Waals surface area (Å²) < 4.78 is 5.34. The third-order valence-corrected chi connectivity index (χ3v) is 1.33. The van der Waals surface area contributed by atoms with E-state index in [1.807, 2.05) is 0 Å². The third kappa shape index (κ3) is 3.73. The molecule has 0 aromatic heterocycles. The van der Waals surface area contributed by atoms with Crippen molar-refractivity contribution in [3.63, 3.8) is 0 Å². The van der Waals surface area contributed by atoms with E-state index >= 15 is 0 Å². The highest BCUT2D eigenvalue weighted by Crippen LogP contribution is 1.94. The summed E-state index contributed by atoms with van der Waals surface area (Å²) in [6, 6.07) is 0. The summed E-state index contributed by atoms with van der Waals surface area (Å²) in [5, 5.41) is 3.27. The van der Waals surface area contributed by atoms with Crippen LogP contribution in [0.1, 0.15) is 13.3 Å². The fourth-order valence-corrected chi connectivity index (χ4v) is 0.846. The third-order valence-electron chi connectivity index (χ3n) is 1.33. The first kappa shape index (κ1) is 9.21. The van der Waals surface area contributed by atoms with Crippen LogP contribution in [0.15, 0.2) is 0 Å². The maximum absolute atomic E-state index is 5.34. The lowest BCUT2D eigenvalue weighted by atomic mass is 10.4. The molecule has 1 aliphatic heterocycles. The van der Waals surface area contributed by atoms with Gasteiger partial charge in [0, 0.05) is 13.2 Å². The van der Waals surface area contributed by atoms with Gasteiger partial charge in [-0.25, -0.2) is 0 Å². The molecule has 1 rings (SSSR count). The van der Waals surface area contributed by atoms with E-state index in [0.717, 1.165) is 26.1 Å². The fourth-order valence-electron chi connectivity index (χ4n) is 0.846. The summed E-state index contributed by atoms with van der Waals surface area (Å²) in [7, 11) is 0. The summed E-state index contributed by atoms with van der Waals surface area (Å²) in [6.45, 7) is 5.15. The summed E-state index contributed by atoms with van der Waals surface area (Å²) >= 11 is 0. The molecule has 0 aromatic rings. The SMILES string of the molecule is C[C@H]1CNCCCO1.Cl. The van der Waals surface area contributed by atoms with E-state index in [2.05, 4.69) is 12.2 Å². The first-order chi connectivity index (χ1) is 3.89. The van der Waals surface area contributed by atoms with Crippen LogP contribution in [0, 0.1) is 0 Å². The van der Waals surface area contributed by atoms with Gasteiger partial charge in [-0.2, -0.15) is 0 Å². The second kappa shape index (κ2) is 5.03. The lowest BCUT2D eigenvalue weighted by molar-refractivity contribution is 0.0804.